The van der Waals surface area contributed by atoms with Gasteiger partial charge in [-0.1, -0.05) is 12.1 Å². The number of rotatable bonds is 5. The van der Waals surface area contributed by atoms with Gasteiger partial charge in [0.1, 0.15) is 5.75 Å². The van der Waals surface area contributed by atoms with Gasteiger partial charge in [-0.15, -0.1) is 0 Å². The number of carbonyl (C=O) groups excluding carboxylic acids is 2. The monoisotopic (exact) mass is 342 g/mol. The van der Waals surface area contributed by atoms with Gasteiger partial charge in [0.15, 0.2) is 0 Å². The van der Waals surface area contributed by atoms with E-state index in [1.54, 1.807) is 7.11 Å². The van der Waals surface area contributed by atoms with Crippen LogP contribution in [0.25, 0.3) is 0 Å². The Morgan fingerprint density at radius 1 is 1.20 bits per heavy atom. The van der Waals surface area contributed by atoms with E-state index in [1.807, 2.05) is 34.1 Å². The lowest BCUT2D eigenvalue weighted by Gasteiger charge is -2.28. The maximum Gasteiger partial charge on any atom is 0.228 e. The number of likely N-dealkylation sites (tertiary alicyclic amines) is 2. The third-order valence-electron chi connectivity index (χ3n) is 5.78. The molecule has 0 radical (unpaired) electrons. The van der Waals surface area contributed by atoms with Crippen LogP contribution >= 0.6 is 0 Å². The molecule has 3 aliphatic rings. The maximum absolute atomic E-state index is 13.1. The number of methoxy groups -OCH3 is 1. The SMILES string of the molecule is COc1ccc(C2CCCN2C(=O)C2CC(=O)N(CC3CC3)C2)cc1. The fourth-order valence-corrected chi connectivity index (χ4v) is 4.16. The van der Waals surface area contributed by atoms with Gasteiger partial charge in [-0.25, -0.2) is 0 Å². The Morgan fingerprint density at radius 2 is 1.96 bits per heavy atom. The van der Waals surface area contributed by atoms with E-state index in [0.29, 0.717) is 18.9 Å². The Morgan fingerprint density at radius 3 is 2.64 bits per heavy atom. The molecule has 2 atom stereocenters. The molecule has 134 valence electrons. The van der Waals surface area contributed by atoms with Crippen molar-refractivity contribution in [2.75, 3.05) is 26.7 Å². The minimum absolute atomic E-state index is 0.131. The molecule has 1 aromatic carbocycles. The number of benzene rings is 1. The molecule has 3 fully saturated rings. The molecule has 1 aromatic rings. The molecular formula is C20H26N2O3. The summed E-state index contributed by atoms with van der Waals surface area (Å²) in [4.78, 5) is 29.2. The van der Waals surface area contributed by atoms with Crippen molar-refractivity contribution in [3.05, 3.63) is 29.8 Å². The molecule has 0 spiro atoms. The molecule has 4 rings (SSSR count). The van der Waals surface area contributed by atoms with Gasteiger partial charge in [0.25, 0.3) is 0 Å². The minimum Gasteiger partial charge on any atom is -0.497 e. The maximum atomic E-state index is 13.1. The first-order chi connectivity index (χ1) is 12.2. The van der Waals surface area contributed by atoms with E-state index < -0.39 is 0 Å². The molecule has 2 heterocycles. The minimum atomic E-state index is -0.162. The summed E-state index contributed by atoms with van der Waals surface area (Å²) in [5.74, 6) is 1.66. The predicted molar refractivity (Wildman–Crippen MR) is 94.1 cm³/mol. The molecule has 2 unspecified atom stereocenters. The van der Waals surface area contributed by atoms with E-state index in [1.165, 1.54) is 12.8 Å². The number of hydrogen-bond acceptors (Lipinski definition) is 3. The van der Waals surface area contributed by atoms with E-state index in [2.05, 4.69) is 0 Å². The molecule has 25 heavy (non-hydrogen) atoms. The van der Waals surface area contributed by atoms with E-state index in [-0.39, 0.29) is 23.8 Å². The highest BCUT2D eigenvalue weighted by Gasteiger charge is 2.41. The number of nitrogens with zero attached hydrogens (tertiary/aromatic N) is 2. The smallest absolute Gasteiger partial charge is 0.228 e. The summed E-state index contributed by atoms with van der Waals surface area (Å²) in [6.45, 7) is 2.26. The summed E-state index contributed by atoms with van der Waals surface area (Å²) in [5.41, 5.74) is 1.16. The third-order valence-corrected chi connectivity index (χ3v) is 5.78. The molecule has 0 aromatic heterocycles. The first-order valence-electron chi connectivity index (χ1n) is 9.38. The highest BCUT2D eigenvalue weighted by molar-refractivity contribution is 5.89. The molecule has 1 saturated carbocycles. The normalized spacial score (nSPS) is 26.4. The highest BCUT2D eigenvalue weighted by Crippen LogP contribution is 2.36. The Hall–Kier alpha value is -2.04. The Balaban J connectivity index is 1.44. The second kappa shape index (κ2) is 6.70. The second-order valence-corrected chi connectivity index (χ2v) is 7.61. The van der Waals surface area contributed by atoms with Gasteiger partial charge >= 0.3 is 0 Å². The summed E-state index contributed by atoms with van der Waals surface area (Å²) in [6, 6.07) is 8.13. The molecule has 0 bridgehead atoms. The topological polar surface area (TPSA) is 49.9 Å². The van der Waals surface area contributed by atoms with E-state index in [4.69, 9.17) is 4.74 Å². The summed E-state index contributed by atoms with van der Waals surface area (Å²) >= 11 is 0. The van der Waals surface area contributed by atoms with Gasteiger partial charge in [-0.2, -0.15) is 0 Å². The Labute approximate surface area is 148 Å². The van der Waals surface area contributed by atoms with Crippen molar-refractivity contribution < 1.29 is 14.3 Å². The fourth-order valence-electron chi connectivity index (χ4n) is 4.16. The summed E-state index contributed by atoms with van der Waals surface area (Å²) in [6.07, 6.45) is 4.86. The first kappa shape index (κ1) is 16.4. The van der Waals surface area contributed by atoms with Crippen LogP contribution in [-0.4, -0.2) is 48.4 Å². The van der Waals surface area contributed by atoms with Crippen LogP contribution in [0.3, 0.4) is 0 Å². The number of carbonyl (C=O) groups is 2. The largest absolute Gasteiger partial charge is 0.497 e. The molecule has 1 aliphatic carbocycles. The highest BCUT2D eigenvalue weighted by atomic mass is 16.5. The Bertz CT molecular complexity index is 653. The lowest BCUT2D eigenvalue weighted by atomic mass is 10.0. The Kier molecular flexibility index (Phi) is 4.40. The van der Waals surface area contributed by atoms with Crippen molar-refractivity contribution in [3.8, 4) is 5.75 Å². The summed E-state index contributed by atoms with van der Waals surface area (Å²) < 4.78 is 5.22. The van der Waals surface area contributed by atoms with E-state index >= 15 is 0 Å². The van der Waals surface area contributed by atoms with Crippen molar-refractivity contribution in [1.82, 2.24) is 9.80 Å². The third kappa shape index (κ3) is 3.37. The number of hydrogen-bond donors (Lipinski definition) is 0. The van der Waals surface area contributed by atoms with Crippen molar-refractivity contribution in [2.45, 2.75) is 38.1 Å². The van der Waals surface area contributed by atoms with Crippen LogP contribution in [0.5, 0.6) is 5.75 Å². The van der Waals surface area contributed by atoms with Crippen LogP contribution in [-0.2, 0) is 9.59 Å². The zero-order valence-corrected chi connectivity index (χ0v) is 14.8. The second-order valence-electron chi connectivity index (χ2n) is 7.61. The fraction of sp³-hybridized carbons (Fsp3) is 0.600. The molecule has 5 nitrogen and oxygen atoms in total. The van der Waals surface area contributed by atoms with Gasteiger partial charge in [-0.3, -0.25) is 9.59 Å². The van der Waals surface area contributed by atoms with Crippen molar-refractivity contribution >= 4 is 11.8 Å². The predicted octanol–water partition coefficient (Wildman–Crippen LogP) is 2.62. The van der Waals surface area contributed by atoms with Crippen molar-refractivity contribution in [3.63, 3.8) is 0 Å². The van der Waals surface area contributed by atoms with Gasteiger partial charge in [0, 0.05) is 26.1 Å². The van der Waals surface area contributed by atoms with Crippen LogP contribution in [0, 0.1) is 11.8 Å². The van der Waals surface area contributed by atoms with Crippen LogP contribution in [0.4, 0.5) is 0 Å². The number of amides is 2. The number of ether oxygens (including phenoxy) is 1. The van der Waals surface area contributed by atoms with Gasteiger partial charge < -0.3 is 14.5 Å². The first-order valence-corrected chi connectivity index (χ1v) is 9.38. The van der Waals surface area contributed by atoms with Gasteiger partial charge in [0.05, 0.1) is 19.1 Å². The van der Waals surface area contributed by atoms with Crippen LogP contribution in [0.2, 0.25) is 0 Å². The molecular weight excluding hydrogens is 316 g/mol. The molecule has 5 heteroatoms. The van der Waals surface area contributed by atoms with E-state index in [9.17, 15) is 9.59 Å². The van der Waals surface area contributed by atoms with Crippen molar-refractivity contribution in [2.24, 2.45) is 11.8 Å². The van der Waals surface area contributed by atoms with Gasteiger partial charge in [0.2, 0.25) is 11.8 Å². The average molecular weight is 342 g/mol. The standard InChI is InChI=1S/C20H26N2O3/c1-25-17-8-6-15(7-9-17)18-3-2-10-22(18)20(24)16-11-19(23)21(13-16)12-14-4-5-14/h6-9,14,16,18H,2-5,10-13H2,1H3. The zero-order valence-electron chi connectivity index (χ0n) is 14.8. The van der Waals surface area contributed by atoms with E-state index in [0.717, 1.165) is 37.2 Å². The lowest BCUT2D eigenvalue weighted by molar-refractivity contribution is -0.136. The van der Waals surface area contributed by atoms with Crippen LogP contribution in [0.1, 0.15) is 43.7 Å². The van der Waals surface area contributed by atoms with Crippen LogP contribution < -0.4 is 4.74 Å². The van der Waals surface area contributed by atoms with Crippen LogP contribution in [0.15, 0.2) is 24.3 Å². The average Bonchev–Trinajstić information content (AvgIpc) is 3.18. The van der Waals surface area contributed by atoms with Crippen molar-refractivity contribution in [1.29, 1.82) is 0 Å². The summed E-state index contributed by atoms with van der Waals surface area (Å²) in [5, 5.41) is 0. The molecule has 2 amide bonds. The molecule has 0 N–H and O–H groups in total. The summed E-state index contributed by atoms with van der Waals surface area (Å²) in [7, 11) is 1.66. The van der Waals surface area contributed by atoms with Gasteiger partial charge in [-0.05, 0) is 49.3 Å². The molecule has 2 aliphatic heterocycles. The molecule has 2 saturated heterocycles. The zero-order chi connectivity index (χ0) is 17.4. The lowest BCUT2D eigenvalue weighted by Crippen LogP contribution is -2.37. The quantitative estimate of drug-likeness (QED) is 0.826.